The summed E-state index contributed by atoms with van der Waals surface area (Å²) in [7, 11) is 2.16. The molecule has 0 aliphatic rings. The number of aryl methyl sites for hydroxylation is 1. The predicted octanol–water partition coefficient (Wildman–Crippen LogP) is 4.62. The van der Waals surface area contributed by atoms with Crippen molar-refractivity contribution < 1.29 is 4.57 Å². The fourth-order valence-corrected chi connectivity index (χ4v) is 4.02. The van der Waals surface area contributed by atoms with Crippen molar-refractivity contribution >= 4 is 22.2 Å². The van der Waals surface area contributed by atoms with E-state index in [-0.39, 0.29) is 0 Å². The Morgan fingerprint density at radius 3 is 2.65 bits per heavy atom. The van der Waals surface area contributed by atoms with Gasteiger partial charge in [-0.25, -0.2) is 0 Å². The molecule has 114 valence electrons. The van der Waals surface area contributed by atoms with Gasteiger partial charge in [-0.1, -0.05) is 59.4 Å². The average molecular weight is 319 g/mol. The minimum atomic E-state index is 0.976. The van der Waals surface area contributed by atoms with E-state index in [1.54, 1.807) is 0 Å². The largest absolute Gasteiger partial charge is 0.360 e. The van der Waals surface area contributed by atoms with E-state index in [0.29, 0.717) is 0 Å². The molecule has 2 aromatic carbocycles. The lowest BCUT2D eigenvalue weighted by molar-refractivity contribution is -0.662. The molecule has 0 unspecified atom stereocenters. The third kappa shape index (κ3) is 2.57. The molecular weight excluding hydrogens is 300 g/mol. The van der Waals surface area contributed by atoms with Crippen LogP contribution in [0.25, 0.3) is 22.2 Å². The van der Waals surface area contributed by atoms with Gasteiger partial charge in [-0.05, 0) is 18.6 Å². The van der Waals surface area contributed by atoms with Crippen molar-refractivity contribution in [3.63, 3.8) is 0 Å². The Labute approximate surface area is 140 Å². The minimum absolute atomic E-state index is 0.976. The molecule has 4 rings (SSSR count). The first-order valence-electron chi connectivity index (χ1n) is 7.81. The Morgan fingerprint density at radius 1 is 1.04 bits per heavy atom. The molecule has 0 aliphatic carbocycles. The van der Waals surface area contributed by atoms with Crippen LogP contribution in [0.15, 0.2) is 60.1 Å². The molecule has 0 saturated heterocycles. The number of rotatable bonds is 3. The standard InChI is InChI=1S/C20H19N2S/c1-14-7-9-15(10-8-14)11-20-22(2)19(13-23-20)17-12-21-18-6-4-3-5-16(17)18/h3-10,12-13,21H,11H2,1-2H3/q+1. The maximum atomic E-state index is 3.37. The van der Waals surface area contributed by atoms with Crippen molar-refractivity contribution in [2.24, 2.45) is 7.05 Å². The Morgan fingerprint density at radius 2 is 1.83 bits per heavy atom. The monoisotopic (exact) mass is 319 g/mol. The molecule has 0 fully saturated rings. The number of para-hydroxylation sites is 1. The minimum Gasteiger partial charge on any atom is -0.360 e. The zero-order valence-corrected chi connectivity index (χ0v) is 14.2. The van der Waals surface area contributed by atoms with Gasteiger partial charge in [0.2, 0.25) is 10.7 Å². The Hall–Kier alpha value is -2.39. The van der Waals surface area contributed by atoms with Crippen LogP contribution >= 0.6 is 11.3 Å². The number of thiazole rings is 1. The number of hydrogen-bond acceptors (Lipinski definition) is 1. The van der Waals surface area contributed by atoms with Crippen LogP contribution in [0.2, 0.25) is 0 Å². The van der Waals surface area contributed by atoms with Crippen LogP contribution in [0.4, 0.5) is 0 Å². The number of nitrogens with zero attached hydrogens (tertiary/aromatic N) is 1. The van der Waals surface area contributed by atoms with E-state index in [2.05, 4.69) is 83.6 Å². The van der Waals surface area contributed by atoms with Gasteiger partial charge in [0.1, 0.15) is 7.05 Å². The highest BCUT2D eigenvalue weighted by molar-refractivity contribution is 7.09. The second-order valence-electron chi connectivity index (χ2n) is 5.98. The summed E-state index contributed by atoms with van der Waals surface area (Å²) in [6.07, 6.45) is 3.09. The highest BCUT2D eigenvalue weighted by Gasteiger charge is 2.20. The summed E-state index contributed by atoms with van der Waals surface area (Å²) in [5.41, 5.74) is 6.40. The first-order chi connectivity index (χ1) is 11.2. The lowest BCUT2D eigenvalue weighted by atomic mass is 10.1. The molecule has 3 heteroatoms. The van der Waals surface area contributed by atoms with E-state index in [9.17, 15) is 0 Å². The van der Waals surface area contributed by atoms with Crippen molar-refractivity contribution in [3.05, 3.63) is 76.2 Å². The van der Waals surface area contributed by atoms with Gasteiger partial charge in [0.05, 0.1) is 17.4 Å². The van der Waals surface area contributed by atoms with Crippen LogP contribution in [0.5, 0.6) is 0 Å². The van der Waals surface area contributed by atoms with Gasteiger partial charge in [0.25, 0.3) is 0 Å². The van der Waals surface area contributed by atoms with Gasteiger partial charge >= 0.3 is 0 Å². The second kappa shape index (κ2) is 5.67. The summed E-state index contributed by atoms with van der Waals surface area (Å²) in [4.78, 5) is 3.37. The Balaban J connectivity index is 1.72. The maximum Gasteiger partial charge on any atom is 0.241 e. The van der Waals surface area contributed by atoms with Crippen molar-refractivity contribution in [2.75, 3.05) is 0 Å². The zero-order chi connectivity index (χ0) is 15.8. The van der Waals surface area contributed by atoms with Crippen molar-refractivity contribution in [2.45, 2.75) is 13.3 Å². The van der Waals surface area contributed by atoms with Crippen LogP contribution in [0, 0.1) is 6.92 Å². The average Bonchev–Trinajstić information content (AvgIpc) is 3.14. The predicted molar refractivity (Wildman–Crippen MR) is 96.8 cm³/mol. The molecular formula is C20H19N2S+. The van der Waals surface area contributed by atoms with E-state index < -0.39 is 0 Å². The van der Waals surface area contributed by atoms with Crippen LogP contribution in [0.1, 0.15) is 16.1 Å². The summed E-state index contributed by atoms with van der Waals surface area (Å²) in [5.74, 6) is 0. The van der Waals surface area contributed by atoms with E-state index in [1.807, 2.05) is 11.3 Å². The topological polar surface area (TPSA) is 19.7 Å². The van der Waals surface area contributed by atoms with Gasteiger partial charge in [-0.15, -0.1) is 0 Å². The molecule has 0 radical (unpaired) electrons. The molecule has 2 nitrogen and oxygen atoms in total. The third-order valence-corrected chi connectivity index (χ3v) is 5.41. The smallest absolute Gasteiger partial charge is 0.241 e. The number of nitrogens with one attached hydrogen (secondary N) is 1. The summed E-state index contributed by atoms with van der Waals surface area (Å²) in [5, 5.41) is 4.91. The number of H-pyrrole nitrogens is 1. The van der Waals surface area contributed by atoms with Gasteiger partial charge in [0.15, 0.2) is 0 Å². The molecule has 0 saturated carbocycles. The van der Waals surface area contributed by atoms with Crippen molar-refractivity contribution in [1.29, 1.82) is 0 Å². The number of benzene rings is 2. The fraction of sp³-hybridized carbons (Fsp3) is 0.150. The zero-order valence-electron chi connectivity index (χ0n) is 13.3. The fourth-order valence-electron chi connectivity index (χ4n) is 2.98. The number of aromatic nitrogens is 2. The summed E-state index contributed by atoms with van der Waals surface area (Å²) in [6, 6.07) is 17.3. The molecule has 2 aromatic heterocycles. The van der Waals surface area contributed by atoms with Gasteiger partial charge in [0, 0.05) is 17.1 Å². The highest BCUT2D eigenvalue weighted by atomic mass is 32.1. The maximum absolute atomic E-state index is 3.37. The van der Waals surface area contributed by atoms with E-state index in [4.69, 9.17) is 0 Å². The van der Waals surface area contributed by atoms with Crippen LogP contribution < -0.4 is 4.57 Å². The summed E-state index contributed by atoms with van der Waals surface area (Å²) in [6.45, 7) is 2.13. The van der Waals surface area contributed by atoms with Crippen LogP contribution in [0.3, 0.4) is 0 Å². The SMILES string of the molecule is Cc1ccc(Cc2scc(-c3c[nH]c4ccccc34)[n+]2C)cc1. The second-order valence-corrected chi connectivity index (χ2v) is 6.93. The van der Waals surface area contributed by atoms with E-state index >= 15 is 0 Å². The Bertz CT molecular complexity index is 961. The molecule has 1 N–H and O–H groups in total. The van der Waals surface area contributed by atoms with Crippen molar-refractivity contribution in [3.8, 4) is 11.3 Å². The molecule has 0 bridgehead atoms. The molecule has 4 aromatic rings. The molecule has 0 atom stereocenters. The highest BCUT2D eigenvalue weighted by Crippen LogP contribution is 2.28. The van der Waals surface area contributed by atoms with E-state index in [0.717, 1.165) is 6.42 Å². The van der Waals surface area contributed by atoms with Gasteiger partial charge in [-0.3, -0.25) is 0 Å². The van der Waals surface area contributed by atoms with Crippen molar-refractivity contribution in [1.82, 2.24) is 4.98 Å². The van der Waals surface area contributed by atoms with Gasteiger partial charge < -0.3 is 4.98 Å². The lowest BCUT2D eigenvalue weighted by Crippen LogP contribution is -2.32. The molecule has 0 aliphatic heterocycles. The molecule has 0 spiro atoms. The van der Waals surface area contributed by atoms with E-state index in [1.165, 1.54) is 38.3 Å². The number of aromatic amines is 1. The number of hydrogen-bond donors (Lipinski definition) is 1. The molecule has 0 amide bonds. The summed E-state index contributed by atoms with van der Waals surface area (Å²) >= 11 is 1.83. The molecule has 2 heterocycles. The first-order valence-corrected chi connectivity index (χ1v) is 8.69. The first kappa shape index (κ1) is 14.2. The lowest BCUT2D eigenvalue weighted by Gasteiger charge is -1.99. The number of fused-ring (bicyclic) bond motifs is 1. The van der Waals surface area contributed by atoms with Gasteiger partial charge in [-0.2, -0.15) is 4.57 Å². The quantitative estimate of drug-likeness (QED) is 0.532. The third-order valence-electron chi connectivity index (χ3n) is 4.38. The summed E-state index contributed by atoms with van der Waals surface area (Å²) < 4.78 is 2.32. The van der Waals surface area contributed by atoms with Crippen LogP contribution in [-0.4, -0.2) is 4.98 Å². The molecule has 23 heavy (non-hydrogen) atoms. The normalized spacial score (nSPS) is 11.2. The van der Waals surface area contributed by atoms with Crippen LogP contribution in [-0.2, 0) is 13.5 Å². The Kier molecular flexibility index (Phi) is 3.50.